The summed E-state index contributed by atoms with van der Waals surface area (Å²) in [4.78, 5) is 19.0. The van der Waals surface area contributed by atoms with Gasteiger partial charge in [0, 0.05) is 25.5 Å². The second kappa shape index (κ2) is 5.69. The summed E-state index contributed by atoms with van der Waals surface area (Å²) in [6, 6.07) is 5.69. The van der Waals surface area contributed by atoms with Crippen LogP contribution in [0.3, 0.4) is 0 Å². The predicted octanol–water partition coefficient (Wildman–Crippen LogP) is 1.90. The van der Waals surface area contributed by atoms with Crippen LogP contribution in [0.5, 0.6) is 5.75 Å². The summed E-state index contributed by atoms with van der Waals surface area (Å²) in [6.45, 7) is 4.84. The van der Waals surface area contributed by atoms with E-state index >= 15 is 0 Å². The Kier molecular flexibility index (Phi) is 3.75. The number of nitrogens with zero attached hydrogens (tertiary/aromatic N) is 3. The number of methoxy groups -OCH3 is 1. The van der Waals surface area contributed by atoms with Gasteiger partial charge in [-0.1, -0.05) is 6.07 Å². The molecular weight excluding hydrogens is 266 g/mol. The monoisotopic (exact) mass is 285 g/mol. The second-order valence-electron chi connectivity index (χ2n) is 5.37. The molecule has 3 rings (SSSR count). The highest BCUT2D eigenvalue weighted by atomic mass is 16.5. The average molecular weight is 285 g/mol. The van der Waals surface area contributed by atoms with Crippen molar-refractivity contribution in [1.82, 2.24) is 14.5 Å². The van der Waals surface area contributed by atoms with Crippen molar-refractivity contribution in [2.75, 3.05) is 20.2 Å². The Labute approximate surface area is 124 Å². The molecule has 0 spiro atoms. The molecule has 110 valence electrons. The highest BCUT2D eigenvalue weighted by Gasteiger charge is 2.21. The van der Waals surface area contributed by atoms with E-state index in [-0.39, 0.29) is 5.78 Å². The largest absolute Gasteiger partial charge is 0.496 e. The minimum Gasteiger partial charge on any atom is -0.496 e. The number of hydrogen-bond acceptors (Lipinski definition) is 4. The Morgan fingerprint density at radius 1 is 1.38 bits per heavy atom. The lowest BCUT2D eigenvalue weighted by molar-refractivity contribution is 0.0905. The van der Waals surface area contributed by atoms with Crippen LogP contribution in [0.4, 0.5) is 0 Å². The van der Waals surface area contributed by atoms with E-state index in [2.05, 4.69) is 14.5 Å². The van der Waals surface area contributed by atoms with E-state index in [4.69, 9.17) is 4.74 Å². The summed E-state index contributed by atoms with van der Waals surface area (Å²) in [6.07, 6.45) is 3.79. The fourth-order valence-corrected chi connectivity index (χ4v) is 2.68. The number of carbonyl (C=O) groups is 1. The summed E-state index contributed by atoms with van der Waals surface area (Å²) in [5, 5.41) is 0. The highest BCUT2D eigenvalue weighted by Crippen LogP contribution is 2.21. The maximum absolute atomic E-state index is 12.5. The minimum absolute atomic E-state index is 0.0897. The number of aryl methyl sites for hydroxylation is 1. The van der Waals surface area contributed by atoms with Gasteiger partial charge >= 0.3 is 0 Å². The van der Waals surface area contributed by atoms with Gasteiger partial charge in [-0.25, -0.2) is 4.98 Å². The van der Waals surface area contributed by atoms with E-state index in [9.17, 15) is 4.79 Å². The maximum Gasteiger partial charge on any atom is 0.180 e. The molecule has 0 bridgehead atoms. The van der Waals surface area contributed by atoms with E-state index in [0.29, 0.717) is 24.4 Å². The smallest absolute Gasteiger partial charge is 0.180 e. The van der Waals surface area contributed by atoms with Crippen LogP contribution < -0.4 is 4.74 Å². The van der Waals surface area contributed by atoms with Crippen LogP contribution in [0.15, 0.2) is 30.6 Å². The van der Waals surface area contributed by atoms with Crippen LogP contribution in [0, 0.1) is 6.92 Å². The zero-order valence-corrected chi connectivity index (χ0v) is 12.4. The Bertz CT molecular complexity index is 663. The fourth-order valence-electron chi connectivity index (χ4n) is 2.68. The number of fused-ring (bicyclic) bond motifs is 1. The first-order valence-corrected chi connectivity index (χ1v) is 7.07. The van der Waals surface area contributed by atoms with Gasteiger partial charge in [-0.2, -0.15) is 0 Å². The van der Waals surface area contributed by atoms with Gasteiger partial charge in [0.1, 0.15) is 11.6 Å². The molecule has 1 aliphatic heterocycles. The van der Waals surface area contributed by atoms with Crippen molar-refractivity contribution in [3.8, 4) is 5.75 Å². The van der Waals surface area contributed by atoms with Gasteiger partial charge in [0.15, 0.2) is 5.78 Å². The molecule has 21 heavy (non-hydrogen) atoms. The Morgan fingerprint density at radius 3 is 3.05 bits per heavy atom. The summed E-state index contributed by atoms with van der Waals surface area (Å²) in [7, 11) is 1.60. The number of ketones is 1. The molecule has 5 nitrogen and oxygen atoms in total. The molecule has 0 radical (unpaired) electrons. The van der Waals surface area contributed by atoms with Crippen LogP contribution in [0.2, 0.25) is 0 Å². The molecule has 2 heterocycles. The molecular formula is C16H19N3O2. The van der Waals surface area contributed by atoms with Crippen LogP contribution >= 0.6 is 0 Å². The van der Waals surface area contributed by atoms with Crippen molar-refractivity contribution in [1.29, 1.82) is 0 Å². The number of rotatable bonds is 4. The fraction of sp³-hybridized carbons (Fsp3) is 0.375. The summed E-state index contributed by atoms with van der Waals surface area (Å²) < 4.78 is 7.46. The van der Waals surface area contributed by atoms with Crippen LogP contribution in [-0.4, -0.2) is 40.4 Å². The maximum atomic E-state index is 12.5. The molecule has 5 heteroatoms. The number of benzene rings is 1. The van der Waals surface area contributed by atoms with Gasteiger partial charge in [0.05, 0.1) is 25.8 Å². The first-order chi connectivity index (χ1) is 10.2. The number of carbonyl (C=O) groups excluding carboxylic acids is 1. The Morgan fingerprint density at radius 2 is 2.24 bits per heavy atom. The van der Waals surface area contributed by atoms with E-state index < -0.39 is 0 Å². The van der Waals surface area contributed by atoms with E-state index in [1.54, 1.807) is 7.11 Å². The van der Waals surface area contributed by atoms with Crippen molar-refractivity contribution in [3.05, 3.63) is 47.5 Å². The standard InChI is InChI=1S/C16H19N3O2/c1-12-3-4-13(15(9-12)21-2)14(20)10-18-7-8-19-6-5-17-16(19)11-18/h3-6,9H,7-8,10-11H2,1-2H3. The SMILES string of the molecule is COc1cc(C)ccc1C(=O)CN1CCn2ccnc2C1. The number of imidazole rings is 1. The number of Topliss-reactive ketones (excluding diaryl/α,β-unsaturated/α-hetero) is 1. The molecule has 1 aromatic carbocycles. The van der Waals surface area contributed by atoms with Gasteiger partial charge in [-0.15, -0.1) is 0 Å². The molecule has 0 atom stereocenters. The minimum atomic E-state index is 0.0897. The van der Waals surface area contributed by atoms with Crippen molar-refractivity contribution in [2.45, 2.75) is 20.0 Å². The molecule has 1 aliphatic rings. The third kappa shape index (κ3) is 2.83. The van der Waals surface area contributed by atoms with E-state index in [1.807, 2.05) is 37.5 Å². The third-order valence-electron chi connectivity index (χ3n) is 3.85. The summed E-state index contributed by atoms with van der Waals surface area (Å²) >= 11 is 0. The van der Waals surface area contributed by atoms with Gasteiger partial charge in [0.25, 0.3) is 0 Å². The van der Waals surface area contributed by atoms with Crippen LogP contribution in [-0.2, 0) is 13.1 Å². The van der Waals surface area contributed by atoms with Crippen molar-refractivity contribution < 1.29 is 9.53 Å². The quantitative estimate of drug-likeness (QED) is 0.805. The molecule has 0 unspecified atom stereocenters. The van der Waals surface area contributed by atoms with Gasteiger partial charge in [-0.3, -0.25) is 9.69 Å². The molecule has 0 N–H and O–H groups in total. The molecule has 1 aromatic heterocycles. The summed E-state index contributed by atoms with van der Waals surface area (Å²) in [5.41, 5.74) is 1.74. The molecule has 0 fully saturated rings. The van der Waals surface area contributed by atoms with Crippen LogP contribution in [0.1, 0.15) is 21.7 Å². The molecule has 0 saturated carbocycles. The highest BCUT2D eigenvalue weighted by molar-refractivity contribution is 6.00. The first-order valence-electron chi connectivity index (χ1n) is 7.07. The number of hydrogen-bond donors (Lipinski definition) is 0. The Balaban J connectivity index is 1.73. The van der Waals surface area contributed by atoms with Crippen molar-refractivity contribution >= 4 is 5.78 Å². The molecule has 0 aliphatic carbocycles. The molecule has 0 amide bonds. The van der Waals surface area contributed by atoms with Crippen molar-refractivity contribution in [2.24, 2.45) is 0 Å². The summed E-state index contributed by atoms with van der Waals surface area (Å²) in [5.74, 6) is 1.76. The number of aromatic nitrogens is 2. The topological polar surface area (TPSA) is 47.4 Å². The van der Waals surface area contributed by atoms with Crippen molar-refractivity contribution in [3.63, 3.8) is 0 Å². The predicted molar refractivity (Wildman–Crippen MR) is 79.6 cm³/mol. The van der Waals surface area contributed by atoms with Gasteiger partial charge in [-0.05, 0) is 24.6 Å². The number of ether oxygens (including phenoxy) is 1. The average Bonchev–Trinajstić information content (AvgIpc) is 2.94. The third-order valence-corrected chi connectivity index (χ3v) is 3.85. The zero-order valence-electron chi connectivity index (χ0n) is 12.4. The van der Waals surface area contributed by atoms with Crippen LogP contribution in [0.25, 0.3) is 0 Å². The lowest BCUT2D eigenvalue weighted by atomic mass is 10.1. The van der Waals surface area contributed by atoms with Gasteiger partial charge in [0.2, 0.25) is 0 Å². The van der Waals surface area contributed by atoms with E-state index in [1.165, 1.54) is 0 Å². The normalized spacial score (nSPS) is 14.8. The van der Waals surface area contributed by atoms with E-state index in [0.717, 1.165) is 24.5 Å². The lowest BCUT2D eigenvalue weighted by Gasteiger charge is -2.27. The molecule has 2 aromatic rings. The Hall–Kier alpha value is -2.14. The second-order valence-corrected chi connectivity index (χ2v) is 5.37. The zero-order chi connectivity index (χ0) is 14.8. The van der Waals surface area contributed by atoms with Gasteiger partial charge < -0.3 is 9.30 Å². The lowest BCUT2D eigenvalue weighted by Crippen LogP contribution is -2.37. The first kappa shape index (κ1) is 13.8. The molecule has 0 saturated heterocycles.